The second-order valence-electron chi connectivity index (χ2n) is 4.10. The molecule has 0 fully saturated rings. The summed E-state index contributed by atoms with van der Waals surface area (Å²) in [6.07, 6.45) is -4.38. The molecule has 0 amide bonds. The van der Waals surface area contributed by atoms with Crippen molar-refractivity contribution >= 4 is 17.3 Å². The smallest absolute Gasteiger partial charge is 0.366 e. The van der Waals surface area contributed by atoms with Gasteiger partial charge in [-0.3, -0.25) is 0 Å². The lowest BCUT2D eigenvalue weighted by Crippen LogP contribution is -2.14. The van der Waals surface area contributed by atoms with Gasteiger partial charge < -0.3 is 4.84 Å². The lowest BCUT2D eigenvalue weighted by molar-refractivity contribution is -0.137. The molecule has 112 valence electrons. The molecule has 21 heavy (non-hydrogen) atoms. The first kappa shape index (κ1) is 15.5. The normalized spacial score (nSPS) is 11.5. The first-order valence-corrected chi connectivity index (χ1v) is 6.67. The summed E-state index contributed by atoms with van der Waals surface area (Å²) >= 11 is 1.07. The second-order valence-corrected chi connectivity index (χ2v) is 5.10. The van der Waals surface area contributed by atoms with Gasteiger partial charge in [0.2, 0.25) is 0 Å². The van der Waals surface area contributed by atoms with Crippen LogP contribution >= 0.6 is 11.3 Å². The van der Waals surface area contributed by atoms with E-state index in [1.807, 2.05) is 0 Å². The minimum absolute atomic E-state index is 0.305. The number of alkyl halides is 3. The lowest BCUT2D eigenvalue weighted by Gasteiger charge is -2.06. The Morgan fingerprint density at radius 1 is 1.29 bits per heavy atom. The van der Waals surface area contributed by atoms with Gasteiger partial charge in [-0.15, -0.1) is 11.3 Å². The molecular weight excluding hydrogens is 305 g/mol. The monoisotopic (exact) mass is 316 g/mol. The van der Waals surface area contributed by atoms with Crippen LogP contribution in [0.2, 0.25) is 0 Å². The number of hydrogen-bond acceptors (Lipinski definition) is 5. The SMILES string of the molecule is CNOC(=O)c1sc(-c2ccc(C(F)(F)F)cc2)nc1C. The zero-order chi connectivity index (χ0) is 15.6. The second kappa shape index (κ2) is 5.82. The summed E-state index contributed by atoms with van der Waals surface area (Å²) < 4.78 is 37.5. The topological polar surface area (TPSA) is 51.2 Å². The summed E-state index contributed by atoms with van der Waals surface area (Å²) in [7, 11) is 1.45. The quantitative estimate of drug-likeness (QED) is 0.882. The minimum atomic E-state index is -4.38. The molecule has 4 nitrogen and oxygen atoms in total. The molecule has 0 aliphatic carbocycles. The van der Waals surface area contributed by atoms with Gasteiger partial charge >= 0.3 is 12.1 Å². The number of hydroxylamine groups is 1. The largest absolute Gasteiger partial charge is 0.416 e. The van der Waals surface area contributed by atoms with Crippen molar-refractivity contribution in [3.05, 3.63) is 40.4 Å². The third-order valence-electron chi connectivity index (χ3n) is 2.64. The van der Waals surface area contributed by atoms with Crippen LogP contribution in [0.3, 0.4) is 0 Å². The highest BCUT2D eigenvalue weighted by Gasteiger charge is 2.30. The van der Waals surface area contributed by atoms with E-state index in [9.17, 15) is 18.0 Å². The van der Waals surface area contributed by atoms with E-state index < -0.39 is 17.7 Å². The van der Waals surface area contributed by atoms with Crippen molar-refractivity contribution in [2.45, 2.75) is 13.1 Å². The van der Waals surface area contributed by atoms with E-state index in [0.717, 1.165) is 23.5 Å². The van der Waals surface area contributed by atoms with Crippen LogP contribution in [0.25, 0.3) is 10.6 Å². The van der Waals surface area contributed by atoms with Crippen LogP contribution in [0.4, 0.5) is 13.2 Å². The molecule has 0 saturated carbocycles. The number of carbonyl (C=O) groups is 1. The number of hydrogen-bond donors (Lipinski definition) is 1. The third kappa shape index (κ3) is 3.40. The number of nitrogens with one attached hydrogen (secondary N) is 1. The maximum absolute atomic E-state index is 12.5. The van der Waals surface area contributed by atoms with Crippen LogP contribution in [0.15, 0.2) is 24.3 Å². The van der Waals surface area contributed by atoms with Crippen LogP contribution in [-0.4, -0.2) is 18.0 Å². The molecule has 1 N–H and O–H groups in total. The molecule has 0 unspecified atom stereocenters. The first-order valence-electron chi connectivity index (χ1n) is 5.86. The number of thiazole rings is 1. The van der Waals surface area contributed by atoms with Gasteiger partial charge in [-0.05, 0) is 19.1 Å². The maximum Gasteiger partial charge on any atom is 0.416 e. The lowest BCUT2D eigenvalue weighted by atomic mass is 10.1. The standard InChI is InChI=1S/C13H11F3N2O2S/c1-7-10(12(19)20-17-2)21-11(18-7)8-3-5-9(6-4-8)13(14,15)16/h3-6,17H,1-2H3. The van der Waals surface area contributed by atoms with E-state index in [1.54, 1.807) is 6.92 Å². The van der Waals surface area contributed by atoms with Gasteiger partial charge in [-0.1, -0.05) is 12.1 Å². The van der Waals surface area contributed by atoms with Gasteiger partial charge in [0.1, 0.15) is 9.88 Å². The summed E-state index contributed by atoms with van der Waals surface area (Å²) in [6.45, 7) is 1.64. The fraction of sp³-hybridized carbons (Fsp3) is 0.231. The number of aromatic nitrogens is 1. The highest BCUT2D eigenvalue weighted by atomic mass is 32.1. The third-order valence-corrected chi connectivity index (χ3v) is 3.82. The van der Waals surface area contributed by atoms with Gasteiger partial charge in [0, 0.05) is 12.6 Å². The molecule has 0 atom stereocenters. The molecule has 0 aliphatic rings. The van der Waals surface area contributed by atoms with Crippen LogP contribution < -0.4 is 5.48 Å². The highest BCUT2D eigenvalue weighted by Crippen LogP contribution is 2.33. The highest BCUT2D eigenvalue weighted by molar-refractivity contribution is 7.17. The first-order chi connectivity index (χ1) is 9.82. The van der Waals surface area contributed by atoms with Crippen molar-refractivity contribution in [2.24, 2.45) is 0 Å². The summed E-state index contributed by atoms with van der Waals surface area (Å²) in [5.41, 5.74) is 2.52. The molecule has 2 aromatic rings. The predicted octanol–water partition coefficient (Wildman–Crippen LogP) is 3.43. The Morgan fingerprint density at radius 2 is 1.90 bits per heavy atom. The number of nitrogens with zero attached hydrogens (tertiary/aromatic N) is 1. The Labute approximate surface area is 122 Å². The van der Waals surface area contributed by atoms with Crippen molar-refractivity contribution in [3.8, 4) is 10.6 Å². The van der Waals surface area contributed by atoms with Crippen molar-refractivity contribution in [2.75, 3.05) is 7.05 Å². The van der Waals surface area contributed by atoms with Gasteiger partial charge in [0.05, 0.1) is 11.3 Å². The summed E-state index contributed by atoms with van der Waals surface area (Å²) in [6, 6.07) is 4.62. The van der Waals surface area contributed by atoms with Crippen LogP contribution in [-0.2, 0) is 11.0 Å². The fourth-order valence-corrected chi connectivity index (χ4v) is 2.60. The summed E-state index contributed by atoms with van der Waals surface area (Å²) in [5, 5.41) is 0.462. The van der Waals surface area contributed by atoms with Crippen molar-refractivity contribution in [3.63, 3.8) is 0 Å². The molecule has 0 aliphatic heterocycles. The minimum Gasteiger partial charge on any atom is -0.366 e. The van der Waals surface area contributed by atoms with E-state index in [1.165, 1.54) is 19.2 Å². The van der Waals surface area contributed by atoms with Gasteiger partial charge in [0.15, 0.2) is 0 Å². The van der Waals surface area contributed by atoms with Crippen molar-refractivity contribution < 1.29 is 22.8 Å². The molecule has 1 aromatic carbocycles. The van der Waals surface area contributed by atoms with Gasteiger partial charge in [-0.25, -0.2) is 9.78 Å². The van der Waals surface area contributed by atoms with Gasteiger partial charge in [0.25, 0.3) is 0 Å². The molecule has 0 bridgehead atoms. The molecule has 1 aromatic heterocycles. The number of aryl methyl sites for hydroxylation is 1. The van der Waals surface area contributed by atoms with E-state index >= 15 is 0 Å². The van der Waals surface area contributed by atoms with Crippen LogP contribution in [0.1, 0.15) is 20.9 Å². The zero-order valence-electron chi connectivity index (χ0n) is 11.1. The molecule has 0 radical (unpaired) electrons. The Bertz CT molecular complexity index is 650. The molecule has 2 rings (SSSR count). The number of rotatable bonds is 3. The average molecular weight is 316 g/mol. The molecular formula is C13H11F3N2O2S. The van der Waals surface area contributed by atoms with Crippen molar-refractivity contribution in [1.82, 2.24) is 10.5 Å². The number of halogens is 3. The Kier molecular flexibility index (Phi) is 4.29. The Morgan fingerprint density at radius 3 is 2.43 bits per heavy atom. The number of benzene rings is 1. The Hall–Kier alpha value is -1.93. The Balaban J connectivity index is 2.31. The molecule has 0 spiro atoms. The molecule has 1 heterocycles. The fourth-order valence-electron chi connectivity index (χ4n) is 1.65. The van der Waals surface area contributed by atoms with E-state index in [0.29, 0.717) is 21.1 Å². The summed E-state index contributed by atoms with van der Waals surface area (Å²) in [5.74, 6) is -0.578. The molecule has 8 heteroatoms. The zero-order valence-corrected chi connectivity index (χ0v) is 11.9. The maximum atomic E-state index is 12.5. The summed E-state index contributed by atoms with van der Waals surface area (Å²) in [4.78, 5) is 20.8. The molecule has 0 saturated heterocycles. The number of carbonyl (C=O) groups excluding carboxylic acids is 1. The van der Waals surface area contributed by atoms with E-state index in [4.69, 9.17) is 0 Å². The van der Waals surface area contributed by atoms with Crippen LogP contribution in [0, 0.1) is 6.92 Å². The van der Waals surface area contributed by atoms with Crippen molar-refractivity contribution in [1.29, 1.82) is 0 Å². The van der Waals surface area contributed by atoms with Crippen LogP contribution in [0.5, 0.6) is 0 Å². The van der Waals surface area contributed by atoms with E-state index in [2.05, 4.69) is 15.3 Å². The predicted molar refractivity (Wildman–Crippen MR) is 71.8 cm³/mol. The average Bonchev–Trinajstić information content (AvgIpc) is 2.80. The van der Waals surface area contributed by atoms with E-state index in [-0.39, 0.29) is 0 Å². The van der Waals surface area contributed by atoms with Gasteiger partial charge in [-0.2, -0.15) is 18.7 Å².